The SMILES string of the molecule is Cl.c1cc(C2CNC2)on1. The topological polar surface area (TPSA) is 38.1 Å². The fourth-order valence-corrected chi connectivity index (χ4v) is 0.926. The zero-order chi connectivity index (χ0) is 6.10. The number of rotatable bonds is 1. The summed E-state index contributed by atoms with van der Waals surface area (Å²) in [6, 6.07) is 1.92. The summed E-state index contributed by atoms with van der Waals surface area (Å²) in [6.07, 6.45) is 1.69. The minimum atomic E-state index is 0. The molecule has 1 aliphatic heterocycles. The Bertz CT molecular complexity index is 184. The molecule has 0 aromatic carbocycles. The Morgan fingerprint density at radius 2 is 2.40 bits per heavy atom. The van der Waals surface area contributed by atoms with Crippen LogP contribution in [0.4, 0.5) is 0 Å². The second kappa shape index (κ2) is 3.03. The molecule has 0 bridgehead atoms. The second-order valence-corrected chi connectivity index (χ2v) is 2.27. The van der Waals surface area contributed by atoms with Crippen LogP contribution in [-0.4, -0.2) is 18.2 Å². The highest BCUT2D eigenvalue weighted by atomic mass is 35.5. The van der Waals surface area contributed by atoms with Crippen molar-refractivity contribution in [2.45, 2.75) is 5.92 Å². The van der Waals surface area contributed by atoms with E-state index in [0.717, 1.165) is 18.8 Å². The van der Waals surface area contributed by atoms with Crippen LogP contribution in [-0.2, 0) is 0 Å². The van der Waals surface area contributed by atoms with Crippen LogP contribution in [0.3, 0.4) is 0 Å². The van der Waals surface area contributed by atoms with E-state index in [0.29, 0.717) is 5.92 Å². The molecule has 4 heteroatoms. The van der Waals surface area contributed by atoms with Crippen LogP contribution in [0.25, 0.3) is 0 Å². The van der Waals surface area contributed by atoms with Crippen LogP contribution in [0.15, 0.2) is 16.8 Å². The summed E-state index contributed by atoms with van der Waals surface area (Å²) in [5.74, 6) is 1.58. The van der Waals surface area contributed by atoms with Gasteiger partial charge in [0.2, 0.25) is 0 Å². The van der Waals surface area contributed by atoms with Gasteiger partial charge in [0.25, 0.3) is 0 Å². The lowest BCUT2D eigenvalue weighted by Gasteiger charge is -2.23. The van der Waals surface area contributed by atoms with Crippen LogP contribution in [0.1, 0.15) is 11.7 Å². The first kappa shape index (κ1) is 7.57. The van der Waals surface area contributed by atoms with E-state index in [4.69, 9.17) is 4.52 Å². The molecule has 1 fully saturated rings. The lowest BCUT2D eigenvalue weighted by molar-refractivity contribution is 0.315. The third-order valence-corrected chi connectivity index (χ3v) is 1.64. The van der Waals surface area contributed by atoms with E-state index >= 15 is 0 Å². The zero-order valence-electron chi connectivity index (χ0n) is 5.41. The van der Waals surface area contributed by atoms with Gasteiger partial charge in [-0.2, -0.15) is 0 Å². The third kappa shape index (κ3) is 1.15. The third-order valence-electron chi connectivity index (χ3n) is 1.64. The van der Waals surface area contributed by atoms with Crippen LogP contribution >= 0.6 is 12.4 Å². The first-order valence-corrected chi connectivity index (χ1v) is 3.08. The summed E-state index contributed by atoms with van der Waals surface area (Å²) in [7, 11) is 0. The Kier molecular flexibility index (Phi) is 2.29. The Morgan fingerprint density at radius 3 is 2.80 bits per heavy atom. The first-order chi connectivity index (χ1) is 4.47. The molecular weight excluding hydrogens is 152 g/mol. The van der Waals surface area contributed by atoms with Gasteiger partial charge in [0.1, 0.15) is 5.76 Å². The quantitative estimate of drug-likeness (QED) is 0.660. The molecule has 2 rings (SSSR count). The standard InChI is InChI=1S/C6H8N2O.ClH/c1-2-8-9-6(1)5-3-7-4-5;/h1-2,5,7H,3-4H2;1H. The van der Waals surface area contributed by atoms with Crippen molar-refractivity contribution >= 4 is 12.4 Å². The van der Waals surface area contributed by atoms with E-state index in [1.165, 1.54) is 0 Å². The molecule has 3 nitrogen and oxygen atoms in total. The first-order valence-electron chi connectivity index (χ1n) is 3.08. The number of halogens is 1. The van der Waals surface area contributed by atoms with E-state index in [-0.39, 0.29) is 12.4 Å². The molecule has 0 saturated carbocycles. The Hall–Kier alpha value is -0.540. The Labute approximate surface area is 65.2 Å². The number of aromatic nitrogens is 1. The predicted molar refractivity (Wildman–Crippen MR) is 39.4 cm³/mol. The van der Waals surface area contributed by atoms with Crippen molar-refractivity contribution in [1.82, 2.24) is 10.5 Å². The summed E-state index contributed by atoms with van der Waals surface area (Å²) in [5, 5.41) is 6.78. The summed E-state index contributed by atoms with van der Waals surface area (Å²) in [4.78, 5) is 0. The molecule has 1 aliphatic rings. The van der Waals surface area contributed by atoms with Crippen molar-refractivity contribution < 1.29 is 4.52 Å². The molecular formula is C6H9ClN2O. The van der Waals surface area contributed by atoms with Crippen molar-refractivity contribution in [1.29, 1.82) is 0 Å². The number of hydrogen-bond acceptors (Lipinski definition) is 3. The molecule has 1 aromatic rings. The van der Waals surface area contributed by atoms with Crippen molar-refractivity contribution in [3.8, 4) is 0 Å². The Balaban J connectivity index is 0.000000500. The van der Waals surface area contributed by atoms with Gasteiger partial charge in [0, 0.05) is 25.1 Å². The Morgan fingerprint density at radius 1 is 1.60 bits per heavy atom. The molecule has 10 heavy (non-hydrogen) atoms. The molecule has 0 unspecified atom stereocenters. The fourth-order valence-electron chi connectivity index (χ4n) is 0.926. The summed E-state index contributed by atoms with van der Waals surface area (Å²) in [5.41, 5.74) is 0. The molecule has 0 radical (unpaired) electrons. The number of nitrogens with zero attached hydrogens (tertiary/aromatic N) is 1. The van der Waals surface area contributed by atoms with E-state index in [1.807, 2.05) is 6.07 Å². The van der Waals surface area contributed by atoms with Crippen molar-refractivity contribution in [3.63, 3.8) is 0 Å². The van der Waals surface area contributed by atoms with Gasteiger partial charge in [-0.3, -0.25) is 0 Å². The zero-order valence-corrected chi connectivity index (χ0v) is 6.23. The predicted octanol–water partition coefficient (Wildman–Crippen LogP) is 0.783. The highest BCUT2D eigenvalue weighted by Gasteiger charge is 2.21. The summed E-state index contributed by atoms with van der Waals surface area (Å²) < 4.78 is 4.95. The number of nitrogens with one attached hydrogen (secondary N) is 1. The van der Waals surface area contributed by atoms with Gasteiger partial charge in [0.15, 0.2) is 0 Å². The fraction of sp³-hybridized carbons (Fsp3) is 0.500. The smallest absolute Gasteiger partial charge is 0.142 e. The second-order valence-electron chi connectivity index (χ2n) is 2.27. The molecule has 0 spiro atoms. The molecule has 2 heterocycles. The molecule has 1 N–H and O–H groups in total. The molecule has 0 aliphatic carbocycles. The summed E-state index contributed by atoms with van der Waals surface area (Å²) >= 11 is 0. The minimum Gasteiger partial charge on any atom is -0.361 e. The maximum atomic E-state index is 4.95. The van der Waals surface area contributed by atoms with Crippen LogP contribution in [0.2, 0.25) is 0 Å². The van der Waals surface area contributed by atoms with E-state index in [1.54, 1.807) is 6.20 Å². The maximum Gasteiger partial charge on any atom is 0.142 e. The minimum absolute atomic E-state index is 0. The number of hydrogen-bond donors (Lipinski definition) is 1. The lowest BCUT2D eigenvalue weighted by atomic mass is 10.0. The maximum absolute atomic E-state index is 4.95. The molecule has 56 valence electrons. The highest BCUT2D eigenvalue weighted by Crippen LogP contribution is 2.17. The van der Waals surface area contributed by atoms with E-state index in [2.05, 4.69) is 10.5 Å². The van der Waals surface area contributed by atoms with Gasteiger partial charge < -0.3 is 9.84 Å². The van der Waals surface area contributed by atoms with E-state index < -0.39 is 0 Å². The normalized spacial score (nSPS) is 17.6. The van der Waals surface area contributed by atoms with Crippen molar-refractivity contribution in [3.05, 3.63) is 18.0 Å². The van der Waals surface area contributed by atoms with Gasteiger partial charge in [0.05, 0.1) is 6.20 Å². The highest BCUT2D eigenvalue weighted by molar-refractivity contribution is 5.85. The van der Waals surface area contributed by atoms with Gasteiger partial charge in [-0.05, 0) is 0 Å². The van der Waals surface area contributed by atoms with Crippen LogP contribution in [0.5, 0.6) is 0 Å². The molecule has 0 atom stereocenters. The largest absolute Gasteiger partial charge is 0.361 e. The van der Waals surface area contributed by atoms with Gasteiger partial charge in [-0.15, -0.1) is 12.4 Å². The van der Waals surface area contributed by atoms with Crippen LogP contribution < -0.4 is 5.32 Å². The lowest BCUT2D eigenvalue weighted by Crippen LogP contribution is -2.39. The average molecular weight is 161 g/mol. The average Bonchev–Trinajstić information content (AvgIpc) is 2.11. The van der Waals surface area contributed by atoms with Gasteiger partial charge >= 0.3 is 0 Å². The van der Waals surface area contributed by atoms with Crippen molar-refractivity contribution in [2.24, 2.45) is 0 Å². The monoisotopic (exact) mass is 160 g/mol. The molecule has 1 aromatic heterocycles. The van der Waals surface area contributed by atoms with Gasteiger partial charge in [-0.25, -0.2) is 0 Å². The van der Waals surface area contributed by atoms with E-state index in [9.17, 15) is 0 Å². The summed E-state index contributed by atoms with van der Waals surface area (Å²) in [6.45, 7) is 2.07. The molecule has 1 saturated heterocycles. The van der Waals surface area contributed by atoms with Crippen molar-refractivity contribution in [2.75, 3.05) is 13.1 Å². The van der Waals surface area contributed by atoms with Crippen LogP contribution in [0, 0.1) is 0 Å². The van der Waals surface area contributed by atoms with Gasteiger partial charge in [-0.1, -0.05) is 5.16 Å². The molecule has 0 amide bonds.